The lowest BCUT2D eigenvalue weighted by molar-refractivity contribution is 0.445. The van der Waals surface area contributed by atoms with E-state index >= 15 is 0 Å². The van der Waals surface area contributed by atoms with E-state index in [4.69, 9.17) is 5.73 Å². The highest BCUT2D eigenvalue weighted by Gasteiger charge is 2.19. The van der Waals surface area contributed by atoms with Crippen LogP contribution in [0.3, 0.4) is 0 Å². The third kappa shape index (κ3) is 2.75. The maximum Gasteiger partial charge on any atom is 0.125 e. The molecule has 1 heterocycles. The number of hydrogen-bond acceptors (Lipinski definition) is 3. The van der Waals surface area contributed by atoms with Crippen LogP contribution in [0, 0.1) is 12.8 Å². The molecule has 1 aromatic heterocycles. The van der Waals surface area contributed by atoms with Crippen molar-refractivity contribution in [2.75, 3.05) is 0 Å². The molecule has 0 bridgehead atoms. The van der Waals surface area contributed by atoms with E-state index in [0.29, 0.717) is 0 Å². The number of aryl methyl sites for hydroxylation is 1. The average Bonchev–Trinajstić information content (AvgIpc) is 2.70. The van der Waals surface area contributed by atoms with Crippen molar-refractivity contribution >= 4 is 0 Å². The summed E-state index contributed by atoms with van der Waals surface area (Å²) in [5, 5.41) is 0. The molecule has 0 spiro atoms. The molecule has 3 nitrogen and oxygen atoms in total. The van der Waals surface area contributed by atoms with Crippen molar-refractivity contribution in [3.63, 3.8) is 0 Å². The summed E-state index contributed by atoms with van der Waals surface area (Å²) < 4.78 is 0. The predicted octanol–water partition coefficient (Wildman–Crippen LogP) is 2.37. The number of nitrogens with two attached hydrogens (primary N) is 1. The Morgan fingerprint density at radius 1 is 1.47 bits per heavy atom. The van der Waals surface area contributed by atoms with Crippen LogP contribution in [0.2, 0.25) is 0 Å². The molecule has 1 aliphatic rings. The van der Waals surface area contributed by atoms with Crippen molar-refractivity contribution in [1.29, 1.82) is 0 Å². The summed E-state index contributed by atoms with van der Waals surface area (Å²) in [4.78, 5) is 8.47. The first-order valence-electron chi connectivity index (χ1n) is 5.81. The van der Waals surface area contributed by atoms with E-state index in [0.717, 1.165) is 23.9 Å². The molecule has 1 saturated carbocycles. The van der Waals surface area contributed by atoms with Crippen LogP contribution in [0.25, 0.3) is 0 Å². The Morgan fingerprint density at radius 2 is 2.20 bits per heavy atom. The summed E-state index contributed by atoms with van der Waals surface area (Å²) in [6.45, 7) is 1.91. The quantitative estimate of drug-likeness (QED) is 0.824. The van der Waals surface area contributed by atoms with E-state index in [9.17, 15) is 0 Å². The minimum atomic E-state index is 0.0924. The first-order valence-corrected chi connectivity index (χ1v) is 5.81. The standard InChI is InChI=1S/C12H19N3/c1-9-14-7-6-12(15-9)11(13)8-10-4-2-3-5-10/h6-7,10-11H,2-5,8,13H2,1H3. The molecule has 2 N–H and O–H groups in total. The van der Waals surface area contributed by atoms with Gasteiger partial charge in [0.25, 0.3) is 0 Å². The SMILES string of the molecule is Cc1nccc(C(N)CC2CCCC2)n1. The lowest BCUT2D eigenvalue weighted by Crippen LogP contribution is -2.16. The van der Waals surface area contributed by atoms with Crippen molar-refractivity contribution in [3.05, 3.63) is 23.8 Å². The van der Waals surface area contributed by atoms with Gasteiger partial charge in [-0.25, -0.2) is 9.97 Å². The number of hydrogen-bond donors (Lipinski definition) is 1. The van der Waals surface area contributed by atoms with Crippen molar-refractivity contribution in [3.8, 4) is 0 Å². The van der Waals surface area contributed by atoms with Gasteiger partial charge in [0.15, 0.2) is 0 Å². The summed E-state index contributed by atoms with van der Waals surface area (Å²) in [5.41, 5.74) is 7.15. The van der Waals surface area contributed by atoms with Crippen molar-refractivity contribution < 1.29 is 0 Å². The second-order valence-electron chi connectivity index (χ2n) is 4.52. The predicted molar refractivity (Wildman–Crippen MR) is 60.3 cm³/mol. The van der Waals surface area contributed by atoms with Gasteiger partial charge >= 0.3 is 0 Å². The first kappa shape index (κ1) is 10.6. The number of nitrogens with zero attached hydrogens (tertiary/aromatic N) is 2. The van der Waals surface area contributed by atoms with E-state index in [2.05, 4.69) is 9.97 Å². The second kappa shape index (κ2) is 4.71. The highest BCUT2D eigenvalue weighted by molar-refractivity contribution is 5.06. The summed E-state index contributed by atoms with van der Waals surface area (Å²) in [5.74, 6) is 1.63. The topological polar surface area (TPSA) is 51.8 Å². The van der Waals surface area contributed by atoms with Crippen LogP contribution in [0.4, 0.5) is 0 Å². The third-order valence-corrected chi connectivity index (χ3v) is 3.24. The zero-order valence-electron chi connectivity index (χ0n) is 9.32. The van der Waals surface area contributed by atoms with Gasteiger partial charge in [0.05, 0.1) is 5.69 Å². The van der Waals surface area contributed by atoms with E-state index in [-0.39, 0.29) is 6.04 Å². The Morgan fingerprint density at radius 3 is 2.87 bits per heavy atom. The molecular formula is C12H19N3. The lowest BCUT2D eigenvalue weighted by Gasteiger charge is -2.15. The van der Waals surface area contributed by atoms with Gasteiger partial charge in [-0.1, -0.05) is 25.7 Å². The lowest BCUT2D eigenvalue weighted by atomic mass is 9.97. The smallest absolute Gasteiger partial charge is 0.125 e. The van der Waals surface area contributed by atoms with Gasteiger partial charge in [-0.2, -0.15) is 0 Å². The summed E-state index contributed by atoms with van der Waals surface area (Å²) in [6.07, 6.45) is 8.32. The molecule has 0 saturated heterocycles. The Balaban J connectivity index is 1.97. The molecule has 1 fully saturated rings. The molecule has 0 amide bonds. The Labute approximate surface area is 91.1 Å². The molecule has 0 aliphatic heterocycles. The molecule has 1 aliphatic carbocycles. The largest absolute Gasteiger partial charge is 0.323 e. The average molecular weight is 205 g/mol. The van der Waals surface area contributed by atoms with Crippen LogP contribution in [0.15, 0.2) is 12.3 Å². The molecule has 0 aromatic carbocycles. The van der Waals surface area contributed by atoms with Gasteiger partial charge in [-0.15, -0.1) is 0 Å². The minimum Gasteiger partial charge on any atom is -0.323 e. The Kier molecular flexibility index (Phi) is 3.31. The molecule has 2 rings (SSSR count). The monoisotopic (exact) mass is 205 g/mol. The highest BCUT2D eigenvalue weighted by Crippen LogP contribution is 2.31. The van der Waals surface area contributed by atoms with Gasteiger partial charge < -0.3 is 5.73 Å². The third-order valence-electron chi connectivity index (χ3n) is 3.24. The fourth-order valence-electron chi connectivity index (χ4n) is 2.41. The van der Waals surface area contributed by atoms with Gasteiger partial charge in [0.2, 0.25) is 0 Å². The first-order chi connectivity index (χ1) is 7.25. The normalized spacial score (nSPS) is 19.3. The highest BCUT2D eigenvalue weighted by atomic mass is 14.9. The van der Waals surface area contributed by atoms with Crippen LogP contribution in [0.1, 0.15) is 49.7 Å². The zero-order chi connectivity index (χ0) is 10.7. The van der Waals surface area contributed by atoms with Crippen LogP contribution < -0.4 is 5.73 Å². The molecular weight excluding hydrogens is 186 g/mol. The maximum absolute atomic E-state index is 6.15. The van der Waals surface area contributed by atoms with Crippen molar-refractivity contribution in [2.45, 2.75) is 45.1 Å². The molecule has 1 unspecified atom stereocenters. The number of rotatable bonds is 3. The minimum absolute atomic E-state index is 0.0924. The molecule has 1 aromatic rings. The maximum atomic E-state index is 6.15. The van der Waals surface area contributed by atoms with Gasteiger partial charge in [-0.05, 0) is 25.3 Å². The van der Waals surface area contributed by atoms with Gasteiger partial charge in [0.1, 0.15) is 5.82 Å². The fraction of sp³-hybridized carbons (Fsp3) is 0.667. The van der Waals surface area contributed by atoms with Crippen LogP contribution in [-0.2, 0) is 0 Å². The zero-order valence-corrected chi connectivity index (χ0v) is 9.32. The van der Waals surface area contributed by atoms with E-state index in [1.165, 1.54) is 25.7 Å². The van der Waals surface area contributed by atoms with Crippen LogP contribution in [0.5, 0.6) is 0 Å². The van der Waals surface area contributed by atoms with Crippen LogP contribution in [-0.4, -0.2) is 9.97 Å². The fourth-order valence-corrected chi connectivity index (χ4v) is 2.41. The van der Waals surface area contributed by atoms with E-state index in [1.54, 1.807) is 6.20 Å². The van der Waals surface area contributed by atoms with Crippen molar-refractivity contribution in [2.24, 2.45) is 11.7 Å². The number of aromatic nitrogens is 2. The summed E-state index contributed by atoms with van der Waals surface area (Å²) in [7, 11) is 0. The second-order valence-corrected chi connectivity index (χ2v) is 4.52. The Bertz CT molecular complexity index is 318. The molecule has 82 valence electrons. The van der Waals surface area contributed by atoms with E-state index in [1.807, 2.05) is 13.0 Å². The van der Waals surface area contributed by atoms with Gasteiger partial charge in [-0.3, -0.25) is 0 Å². The van der Waals surface area contributed by atoms with Gasteiger partial charge in [0, 0.05) is 12.2 Å². The van der Waals surface area contributed by atoms with E-state index < -0.39 is 0 Å². The summed E-state index contributed by atoms with van der Waals surface area (Å²) in [6, 6.07) is 2.03. The van der Waals surface area contributed by atoms with Crippen molar-refractivity contribution in [1.82, 2.24) is 9.97 Å². The molecule has 1 atom stereocenters. The molecule has 15 heavy (non-hydrogen) atoms. The summed E-state index contributed by atoms with van der Waals surface area (Å²) >= 11 is 0. The van der Waals surface area contributed by atoms with Crippen LogP contribution >= 0.6 is 0 Å². The molecule has 0 radical (unpaired) electrons. The molecule has 3 heteroatoms. The Hall–Kier alpha value is -0.960.